The fraction of sp³-hybridized carbons (Fsp3) is 0.275. The molecule has 9 nitrogen and oxygen atoms in total. The molecule has 1 atom stereocenters. The van der Waals surface area contributed by atoms with Crippen LogP contribution < -0.4 is 5.32 Å². The number of thioether (sulfide) groups is 1. The summed E-state index contributed by atoms with van der Waals surface area (Å²) in [5, 5.41) is 3.57. The van der Waals surface area contributed by atoms with E-state index in [1.165, 1.54) is 23.9 Å². The molecule has 4 aromatic rings. The predicted molar refractivity (Wildman–Crippen MR) is 196 cm³/mol. The van der Waals surface area contributed by atoms with Crippen molar-refractivity contribution in [2.75, 3.05) is 30.9 Å². The molecule has 5 rings (SSSR count). The molecule has 4 aromatic carbocycles. The van der Waals surface area contributed by atoms with Crippen molar-refractivity contribution in [3.05, 3.63) is 125 Å². The molecular weight excluding hydrogens is 710 g/mol. The first-order valence-corrected chi connectivity index (χ1v) is 17.8. The molecule has 1 aliphatic rings. The number of aliphatic imine (C=N–C) groups is 1. The summed E-state index contributed by atoms with van der Waals surface area (Å²) < 4.78 is 55.7. The lowest BCUT2D eigenvalue weighted by molar-refractivity contribution is -0.170. The number of hydrogen-bond donors (Lipinski definition) is 1. The Morgan fingerprint density at radius 2 is 1.43 bits per heavy atom. The third kappa shape index (κ3) is 8.97. The Bertz CT molecular complexity index is 1980. The van der Waals surface area contributed by atoms with Gasteiger partial charge in [-0.3, -0.25) is 24.2 Å². The summed E-state index contributed by atoms with van der Waals surface area (Å²) in [7, 11) is 0. The molecule has 0 saturated heterocycles. The summed E-state index contributed by atoms with van der Waals surface area (Å²) in [6.07, 6.45) is -4.74. The Labute approximate surface area is 308 Å². The van der Waals surface area contributed by atoms with Gasteiger partial charge in [-0.1, -0.05) is 66.7 Å². The molecule has 1 aliphatic heterocycles. The highest BCUT2D eigenvalue weighted by atomic mass is 32.2. The number of carbonyl (C=O) groups excluding carboxylic acids is 4. The van der Waals surface area contributed by atoms with E-state index in [2.05, 4.69) is 5.32 Å². The third-order valence-corrected chi connectivity index (χ3v) is 9.62. The molecule has 0 aromatic heterocycles. The van der Waals surface area contributed by atoms with Crippen molar-refractivity contribution in [1.82, 2.24) is 0 Å². The van der Waals surface area contributed by atoms with Crippen LogP contribution in [0.25, 0.3) is 11.1 Å². The number of halogens is 3. The molecule has 13 heteroatoms. The van der Waals surface area contributed by atoms with Crippen molar-refractivity contribution >= 4 is 46.3 Å². The monoisotopic (exact) mass is 746 g/mol. The second-order valence-electron chi connectivity index (χ2n) is 12.1. The van der Waals surface area contributed by atoms with Gasteiger partial charge in [0.25, 0.3) is 5.91 Å². The van der Waals surface area contributed by atoms with Crippen LogP contribution in [0.2, 0.25) is 0 Å². The number of anilines is 1. The molecule has 276 valence electrons. The van der Waals surface area contributed by atoms with Gasteiger partial charge in [0, 0.05) is 16.9 Å². The van der Waals surface area contributed by atoms with Gasteiger partial charge in [0.05, 0.1) is 36.9 Å². The number of nitrogens with one attached hydrogen (secondary N) is 1. The first-order chi connectivity index (χ1) is 25.4. The van der Waals surface area contributed by atoms with Crippen molar-refractivity contribution in [1.29, 1.82) is 0 Å². The lowest BCUT2D eigenvalue weighted by Crippen LogP contribution is -2.50. The molecule has 0 saturated carbocycles. The van der Waals surface area contributed by atoms with E-state index in [-0.39, 0.29) is 36.8 Å². The summed E-state index contributed by atoms with van der Waals surface area (Å²) in [6.45, 7) is 4.44. The highest BCUT2D eigenvalue weighted by molar-refractivity contribution is 8.14. The van der Waals surface area contributed by atoms with Gasteiger partial charge >= 0.3 is 24.1 Å². The van der Waals surface area contributed by atoms with E-state index in [0.29, 0.717) is 38.7 Å². The van der Waals surface area contributed by atoms with E-state index >= 15 is 0 Å². The zero-order chi connectivity index (χ0) is 38.2. The van der Waals surface area contributed by atoms with Crippen molar-refractivity contribution in [2.24, 2.45) is 4.99 Å². The second-order valence-corrected chi connectivity index (χ2v) is 13.1. The normalized spacial score (nSPS) is 14.2. The Morgan fingerprint density at radius 3 is 2.04 bits per heavy atom. The van der Waals surface area contributed by atoms with Gasteiger partial charge in [-0.15, -0.1) is 11.8 Å². The number of alkyl halides is 3. The van der Waals surface area contributed by atoms with Crippen LogP contribution in [0.5, 0.6) is 0 Å². The van der Waals surface area contributed by atoms with E-state index in [1.807, 2.05) is 6.92 Å². The summed E-state index contributed by atoms with van der Waals surface area (Å²) >= 11 is 1.49. The topological polar surface area (TPSA) is 120 Å². The van der Waals surface area contributed by atoms with Gasteiger partial charge in [-0.25, -0.2) is 0 Å². The summed E-state index contributed by atoms with van der Waals surface area (Å²) in [5.41, 5.74) is -0.0121. The van der Waals surface area contributed by atoms with E-state index in [0.717, 1.165) is 12.1 Å². The number of amides is 1. The van der Waals surface area contributed by atoms with Gasteiger partial charge < -0.3 is 19.5 Å². The average Bonchev–Trinajstić information content (AvgIpc) is 3.58. The molecular formula is C40H37F3N2O7S. The molecule has 0 bridgehead atoms. The van der Waals surface area contributed by atoms with Crippen molar-refractivity contribution < 1.29 is 46.6 Å². The smallest absolute Gasteiger partial charge is 0.416 e. The number of ether oxygens (including phenoxy) is 3. The molecule has 0 radical (unpaired) electrons. The molecule has 0 fully saturated rings. The Kier molecular flexibility index (Phi) is 12.4. The van der Waals surface area contributed by atoms with Gasteiger partial charge in [-0.05, 0) is 73.4 Å². The van der Waals surface area contributed by atoms with Crippen molar-refractivity contribution in [3.8, 4) is 11.1 Å². The number of esters is 3. The van der Waals surface area contributed by atoms with Crippen LogP contribution in [0.15, 0.2) is 102 Å². The zero-order valence-electron chi connectivity index (χ0n) is 29.2. The average molecular weight is 747 g/mol. The highest BCUT2D eigenvalue weighted by Gasteiger charge is 2.52. The minimum absolute atomic E-state index is 0.00410. The number of benzene rings is 4. The van der Waals surface area contributed by atoms with Gasteiger partial charge in [0.1, 0.15) is 11.7 Å². The van der Waals surface area contributed by atoms with E-state index in [9.17, 15) is 32.3 Å². The summed E-state index contributed by atoms with van der Waals surface area (Å²) in [5.74, 6) is -2.35. The quantitative estimate of drug-likeness (QED) is 0.0842. The summed E-state index contributed by atoms with van der Waals surface area (Å²) in [6, 6.07) is 24.3. The van der Waals surface area contributed by atoms with E-state index in [1.54, 1.807) is 86.6 Å². The van der Waals surface area contributed by atoms with Gasteiger partial charge in [-0.2, -0.15) is 13.2 Å². The van der Waals surface area contributed by atoms with E-state index in [4.69, 9.17) is 19.2 Å². The Balaban J connectivity index is 1.40. The number of hydrogen-bond acceptors (Lipinski definition) is 9. The Hall–Kier alpha value is -5.43. The predicted octanol–water partition coefficient (Wildman–Crippen LogP) is 7.66. The van der Waals surface area contributed by atoms with Crippen LogP contribution in [0.3, 0.4) is 0 Å². The maximum absolute atomic E-state index is 13.7. The summed E-state index contributed by atoms with van der Waals surface area (Å²) in [4.78, 5) is 58.5. The number of carbonyl (C=O) groups is 4. The fourth-order valence-corrected chi connectivity index (χ4v) is 6.78. The van der Waals surface area contributed by atoms with Crippen LogP contribution in [-0.2, 0) is 46.6 Å². The lowest BCUT2D eigenvalue weighted by atomic mass is 9.81. The second kappa shape index (κ2) is 16.9. The number of rotatable bonds is 13. The van der Waals surface area contributed by atoms with Gasteiger partial charge in [0.2, 0.25) is 5.41 Å². The first-order valence-electron chi connectivity index (χ1n) is 16.8. The fourth-order valence-electron chi connectivity index (χ4n) is 5.73. The standard InChI is InChI=1S/C40H37F3N2O7S/c1-4-50-37(48)39(38(49)51-5-2,28-11-7-6-8-12-28)24-52-34(46)22-26-15-20-33(32(21-26)36-44-25(3)23-53-36)45-35(47)31-14-10-9-13-30(31)27-16-18-29(19-17-27)40(41,42)43/h6-21,25H,4-5,22-24H2,1-3H3,(H,45,47). The molecule has 0 aliphatic carbocycles. The third-order valence-electron chi connectivity index (χ3n) is 8.37. The SMILES string of the molecule is CCOC(=O)C(COC(=O)Cc1ccc(NC(=O)c2ccccc2-c2ccc(C(F)(F)F)cc2)c(C2=NC(C)CS2)c1)(C(=O)OCC)c1ccccc1. The minimum Gasteiger partial charge on any atom is -0.465 e. The minimum atomic E-state index is -4.49. The van der Waals surface area contributed by atoms with Crippen molar-refractivity contribution in [3.63, 3.8) is 0 Å². The number of nitrogens with zero attached hydrogens (tertiary/aromatic N) is 1. The molecule has 1 heterocycles. The maximum Gasteiger partial charge on any atom is 0.416 e. The Morgan fingerprint density at radius 1 is 0.792 bits per heavy atom. The first kappa shape index (κ1) is 38.8. The lowest BCUT2D eigenvalue weighted by Gasteiger charge is -2.29. The van der Waals surface area contributed by atoms with Crippen LogP contribution in [0.1, 0.15) is 53.4 Å². The molecule has 1 unspecified atom stereocenters. The molecule has 0 spiro atoms. The maximum atomic E-state index is 13.7. The van der Waals surface area contributed by atoms with Crippen LogP contribution in [0.4, 0.5) is 18.9 Å². The molecule has 1 N–H and O–H groups in total. The van der Waals surface area contributed by atoms with E-state index < -0.39 is 47.6 Å². The largest absolute Gasteiger partial charge is 0.465 e. The zero-order valence-corrected chi connectivity index (χ0v) is 30.0. The van der Waals surface area contributed by atoms with Crippen molar-refractivity contribution in [2.45, 2.75) is 44.8 Å². The molecule has 1 amide bonds. The van der Waals surface area contributed by atoms with Crippen LogP contribution in [0, 0.1) is 0 Å². The van der Waals surface area contributed by atoms with Gasteiger partial charge in [0.15, 0.2) is 0 Å². The molecule has 53 heavy (non-hydrogen) atoms. The van der Waals surface area contributed by atoms with Crippen LogP contribution >= 0.6 is 11.8 Å². The van der Waals surface area contributed by atoms with Crippen LogP contribution in [-0.4, -0.2) is 60.5 Å². The highest BCUT2D eigenvalue weighted by Crippen LogP contribution is 2.34.